The Kier molecular flexibility index (Phi) is 4.02. The summed E-state index contributed by atoms with van der Waals surface area (Å²) < 4.78 is 7.04. The van der Waals surface area contributed by atoms with Crippen LogP contribution in [0.2, 0.25) is 0 Å². The minimum Gasteiger partial charge on any atom is -0.459 e. The Hall–Kier alpha value is -2.82. The Labute approximate surface area is 134 Å². The predicted molar refractivity (Wildman–Crippen MR) is 88.6 cm³/mol. The largest absolute Gasteiger partial charge is 0.459 e. The van der Waals surface area contributed by atoms with E-state index in [0.29, 0.717) is 6.54 Å². The molecule has 1 N–H and O–H groups in total. The molecule has 0 aliphatic carbocycles. The Morgan fingerprint density at radius 2 is 1.96 bits per heavy atom. The van der Waals surface area contributed by atoms with Crippen molar-refractivity contribution in [1.82, 2.24) is 9.78 Å². The van der Waals surface area contributed by atoms with Crippen molar-refractivity contribution in [3.8, 4) is 0 Å². The summed E-state index contributed by atoms with van der Waals surface area (Å²) in [5.74, 6) is 0.0205. The van der Waals surface area contributed by atoms with Crippen LogP contribution in [0.3, 0.4) is 0 Å². The van der Waals surface area contributed by atoms with Crippen LogP contribution in [0.25, 0.3) is 0 Å². The van der Waals surface area contributed by atoms with Crippen LogP contribution in [0.1, 0.15) is 33.1 Å². The zero-order valence-corrected chi connectivity index (χ0v) is 13.5. The number of hydrogen-bond acceptors (Lipinski definition) is 3. The fourth-order valence-corrected chi connectivity index (χ4v) is 2.56. The molecule has 3 rings (SSSR count). The van der Waals surface area contributed by atoms with E-state index in [1.54, 1.807) is 12.1 Å². The molecule has 2 heterocycles. The van der Waals surface area contributed by atoms with Crippen molar-refractivity contribution in [3.05, 3.63) is 70.9 Å². The number of aromatic nitrogens is 2. The predicted octanol–water partition coefficient (Wildman–Crippen LogP) is 3.70. The lowest BCUT2D eigenvalue weighted by molar-refractivity contribution is 0.0996. The molecule has 0 spiro atoms. The van der Waals surface area contributed by atoms with Gasteiger partial charge in [-0.2, -0.15) is 5.10 Å². The molecule has 0 unspecified atom stereocenters. The molecule has 0 fully saturated rings. The normalized spacial score (nSPS) is 10.7. The number of anilines is 1. The highest BCUT2D eigenvalue weighted by Gasteiger charge is 2.17. The van der Waals surface area contributed by atoms with Crippen LogP contribution in [0.5, 0.6) is 0 Å². The number of nitrogens with zero attached hydrogens (tertiary/aromatic N) is 2. The lowest BCUT2D eigenvalue weighted by Gasteiger charge is -2.08. The Morgan fingerprint density at radius 3 is 2.65 bits per heavy atom. The SMILES string of the molecule is Cc1ccccc1Cn1nc(C)c(NC(=O)c2ccco2)c1C. The molecule has 0 radical (unpaired) electrons. The minimum absolute atomic E-state index is 0.267. The van der Waals surface area contributed by atoms with E-state index < -0.39 is 0 Å². The molecule has 5 nitrogen and oxygen atoms in total. The van der Waals surface area contributed by atoms with Crippen LogP contribution in [0.4, 0.5) is 5.69 Å². The van der Waals surface area contributed by atoms with Crippen molar-refractivity contribution in [2.75, 3.05) is 5.32 Å². The fourth-order valence-electron chi connectivity index (χ4n) is 2.56. The van der Waals surface area contributed by atoms with E-state index in [9.17, 15) is 4.79 Å². The zero-order valence-electron chi connectivity index (χ0n) is 13.5. The topological polar surface area (TPSA) is 60.1 Å². The second-order valence-electron chi connectivity index (χ2n) is 5.56. The summed E-state index contributed by atoms with van der Waals surface area (Å²) >= 11 is 0. The first-order valence-electron chi connectivity index (χ1n) is 7.49. The average molecular weight is 309 g/mol. The lowest BCUT2D eigenvalue weighted by Crippen LogP contribution is -2.12. The third-order valence-electron chi connectivity index (χ3n) is 3.95. The van der Waals surface area contributed by atoms with E-state index in [0.717, 1.165) is 17.1 Å². The Morgan fingerprint density at radius 1 is 1.17 bits per heavy atom. The third-order valence-corrected chi connectivity index (χ3v) is 3.95. The summed E-state index contributed by atoms with van der Waals surface area (Å²) in [4.78, 5) is 12.2. The van der Waals surface area contributed by atoms with Gasteiger partial charge in [-0.25, -0.2) is 0 Å². The number of nitrogens with one attached hydrogen (secondary N) is 1. The monoisotopic (exact) mass is 309 g/mol. The smallest absolute Gasteiger partial charge is 0.291 e. The van der Waals surface area contributed by atoms with Crippen molar-refractivity contribution in [3.63, 3.8) is 0 Å². The average Bonchev–Trinajstić information content (AvgIpc) is 3.14. The summed E-state index contributed by atoms with van der Waals surface area (Å²) in [7, 11) is 0. The molecule has 1 amide bonds. The van der Waals surface area contributed by atoms with Gasteiger partial charge in [0.2, 0.25) is 0 Å². The van der Waals surface area contributed by atoms with Crippen molar-refractivity contribution in [2.24, 2.45) is 0 Å². The van der Waals surface area contributed by atoms with E-state index in [1.807, 2.05) is 30.7 Å². The molecule has 118 valence electrons. The van der Waals surface area contributed by atoms with Gasteiger partial charge >= 0.3 is 0 Å². The number of rotatable bonds is 4. The lowest BCUT2D eigenvalue weighted by atomic mass is 10.1. The molecule has 0 saturated heterocycles. The second kappa shape index (κ2) is 6.12. The molecule has 1 aromatic carbocycles. The molecular formula is C18H19N3O2. The number of carbonyl (C=O) groups excluding carboxylic acids is 1. The van der Waals surface area contributed by atoms with Gasteiger partial charge in [-0.3, -0.25) is 9.48 Å². The molecule has 0 bridgehead atoms. The maximum atomic E-state index is 12.2. The summed E-state index contributed by atoms with van der Waals surface area (Å²) in [6.45, 7) is 6.60. The van der Waals surface area contributed by atoms with Gasteiger partial charge in [-0.05, 0) is 44.0 Å². The summed E-state index contributed by atoms with van der Waals surface area (Å²) in [6.07, 6.45) is 1.48. The molecule has 0 atom stereocenters. The Balaban J connectivity index is 1.85. The molecule has 0 aliphatic heterocycles. The highest BCUT2D eigenvalue weighted by Crippen LogP contribution is 2.22. The van der Waals surface area contributed by atoms with Crippen LogP contribution in [-0.2, 0) is 6.54 Å². The van der Waals surface area contributed by atoms with Crippen LogP contribution >= 0.6 is 0 Å². The van der Waals surface area contributed by atoms with Gasteiger partial charge < -0.3 is 9.73 Å². The molecule has 0 saturated carbocycles. The van der Waals surface area contributed by atoms with Crippen molar-refractivity contribution >= 4 is 11.6 Å². The van der Waals surface area contributed by atoms with E-state index in [-0.39, 0.29) is 11.7 Å². The van der Waals surface area contributed by atoms with E-state index in [1.165, 1.54) is 17.4 Å². The molecule has 3 aromatic rings. The highest BCUT2D eigenvalue weighted by molar-refractivity contribution is 6.02. The molecule has 23 heavy (non-hydrogen) atoms. The van der Waals surface area contributed by atoms with Crippen LogP contribution in [0.15, 0.2) is 47.1 Å². The first-order chi connectivity index (χ1) is 11.1. The van der Waals surface area contributed by atoms with E-state index in [2.05, 4.69) is 29.5 Å². The summed E-state index contributed by atoms with van der Waals surface area (Å²) in [5, 5.41) is 7.44. The highest BCUT2D eigenvalue weighted by atomic mass is 16.3. The maximum absolute atomic E-state index is 12.2. The number of hydrogen-bond donors (Lipinski definition) is 1. The van der Waals surface area contributed by atoms with Gasteiger partial charge in [0, 0.05) is 0 Å². The van der Waals surface area contributed by atoms with Crippen molar-refractivity contribution in [1.29, 1.82) is 0 Å². The zero-order chi connectivity index (χ0) is 16.4. The van der Waals surface area contributed by atoms with Gasteiger partial charge in [-0.1, -0.05) is 24.3 Å². The second-order valence-corrected chi connectivity index (χ2v) is 5.56. The van der Waals surface area contributed by atoms with Gasteiger partial charge in [0.25, 0.3) is 5.91 Å². The van der Waals surface area contributed by atoms with Crippen LogP contribution < -0.4 is 5.32 Å². The minimum atomic E-state index is -0.267. The first kappa shape index (κ1) is 15.1. The Bertz CT molecular complexity index is 832. The number of furan rings is 1. The summed E-state index contributed by atoms with van der Waals surface area (Å²) in [6, 6.07) is 11.5. The fraction of sp³-hybridized carbons (Fsp3) is 0.222. The molecule has 5 heteroatoms. The molecule has 0 aliphatic rings. The van der Waals surface area contributed by atoms with Crippen LogP contribution in [0, 0.1) is 20.8 Å². The van der Waals surface area contributed by atoms with Crippen molar-refractivity contribution in [2.45, 2.75) is 27.3 Å². The van der Waals surface area contributed by atoms with Gasteiger partial charge in [0.15, 0.2) is 5.76 Å². The number of amides is 1. The standard InChI is InChI=1S/C18H19N3O2/c1-12-7-4-5-8-15(12)11-21-14(3)17(13(2)20-21)19-18(22)16-9-6-10-23-16/h4-10H,11H2,1-3H3,(H,19,22). The van der Waals surface area contributed by atoms with Crippen molar-refractivity contribution < 1.29 is 9.21 Å². The number of benzene rings is 1. The first-order valence-corrected chi connectivity index (χ1v) is 7.49. The number of aryl methyl sites for hydroxylation is 2. The molecule has 2 aromatic heterocycles. The van der Waals surface area contributed by atoms with Gasteiger partial charge in [-0.15, -0.1) is 0 Å². The van der Waals surface area contributed by atoms with E-state index in [4.69, 9.17) is 4.42 Å². The van der Waals surface area contributed by atoms with Crippen LogP contribution in [-0.4, -0.2) is 15.7 Å². The summed E-state index contributed by atoms with van der Waals surface area (Å²) in [5.41, 5.74) is 4.88. The van der Waals surface area contributed by atoms with E-state index >= 15 is 0 Å². The van der Waals surface area contributed by atoms with Gasteiger partial charge in [0.1, 0.15) is 0 Å². The maximum Gasteiger partial charge on any atom is 0.291 e. The van der Waals surface area contributed by atoms with Gasteiger partial charge in [0.05, 0.1) is 29.9 Å². The third kappa shape index (κ3) is 3.04. The quantitative estimate of drug-likeness (QED) is 0.799. The molecular weight excluding hydrogens is 290 g/mol. The number of carbonyl (C=O) groups is 1.